The molecule has 0 spiro atoms. The molecule has 2 heterocycles. The predicted molar refractivity (Wildman–Crippen MR) is 118 cm³/mol. The Hall–Kier alpha value is -3.34. The van der Waals surface area contributed by atoms with Crippen molar-refractivity contribution in [1.29, 1.82) is 0 Å². The highest BCUT2D eigenvalue weighted by Crippen LogP contribution is 2.29. The molecule has 2 atom stereocenters. The topological polar surface area (TPSA) is 98.8 Å². The number of alkyl halides is 3. The average molecular weight is 481 g/mol. The molecule has 3 N–H and O–H groups in total. The Labute approximate surface area is 194 Å². The highest BCUT2D eigenvalue weighted by Gasteiger charge is 2.42. The maximum atomic E-state index is 12.3. The van der Waals surface area contributed by atoms with Crippen molar-refractivity contribution in [1.82, 2.24) is 0 Å². The fourth-order valence-electron chi connectivity index (χ4n) is 3.80. The lowest BCUT2D eigenvalue weighted by Gasteiger charge is -2.34. The van der Waals surface area contributed by atoms with Crippen LogP contribution in [0.2, 0.25) is 0 Å². The minimum Gasteiger partial charge on any atom is -0.490 e. The third-order valence-corrected chi connectivity index (χ3v) is 5.66. The number of aliphatic hydroxyl groups is 1. The molecule has 34 heavy (non-hydrogen) atoms. The molecule has 0 saturated carbocycles. The highest BCUT2D eigenvalue weighted by atomic mass is 19.4. The number of ether oxygens (including phenoxy) is 4. The lowest BCUT2D eigenvalue weighted by atomic mass is 10.1. The van der Waals surface area contributed by atoms with E-state index in [1.807, 2.05) is 24.3 Å². The van der Waals surface area contributed by atoms with E-state index in [0.717, 1.165) is 31.6 Å². The zero-order valence-electron chi connectivity index (χ0n) is 18.5. The summed E-state index contributed by atoms with van der Waals surface area (Å²) in [6, 6.07) is 13.0. The fourth-order valence-corrected chi connectivity index (χ4v) is 3.80. The third kappa shape index (κ3) is 5.96. The second-order valence-electron chi connectivity index (χ2n) is 8.36. The van der Waals surface area contributed by atoms with E-state index < -0.39 is 18.2 Å². The van der Waals surface area contributed by atoms with Gasteiger partial charge in [0.15, 0.2) is 11.8 Å². The smallest absolute Gasteiger partial charge is 0.490 e. The highest BCUT2D eigenvalue weighted by molar-refractivity contribution is 5.74. The Balaban J connectivity index is 1.23. The van der Waals surface area contributed by atoms with Crippen LogP contribution in [0.25, 0.3) is 0 Å². The number of piperidine rings is 1. The van der Waals surface area contributed by atoms with Gasteiger partial charge in [-0.05, 0) is 55.5 Å². The van der Waals surface area contributed by atoms with Crippen molar-refractivity contribution in [3.8, 4) is 17.2 Å². The van der Waals surface area contributed by atoms with Crippen LogP contribution < -0.4 is 24.8 Å². The number of hydrogen-bond acceptors (Lipinski definition) is 8. The number of benzene rings is 2. The maximum Gasteiger partial charge on any atom is 0.573 e. The number of aliphatic hydroxyl groups excluding tert-OH is 1. The molecule has 2 aliphatic heterocycles. The Morgan fingerprint density at radius 1 is 1.06 bits per heavy atom. The van der Waals surface area contributed by atoms with Gasteiger partial charge in [0.25, 0.3) is 6.02 Å². The maximum absolute atomic E-state index is 12.3. The Bertz CT molecular complexity index is 992. The number of halogens is 3. The summed E-state index contributed by atoms with van der Waals surface area (Å²) in [5.74, 6) is 0.856. The van der Waals surface area contributed by atoms with E-state index in [0.29, 0.717) is 11.5 Å². The van der Waals surface area contributed by atoms with Gasteiger partial charge in [0, 0.05) is 31.6 Å². The SMILES string of the molecule is C[C@@]1(COc2ccc(N3CCC(Oc4ccc(OC(F)(F)F)cc4)CC3)cc2)OC(N)=NC1O. The summed E-state index contributed by atoms with van der Waals surface area (Å²) < 4.78 is 57.7. The van der Waals surface area contributed by atoms with Gasteiger partial charge in [-0.15, -0.1) is 13.2 Å². The van der Waals surface area contributed by atoms with Gasteiger partial charge < -0.3 is 34.7 Å². The fraction of sp³-hybridized carbons (Fsp3) is 0.435. The van der Waals surface area contributed by atoms with Crippen molar-refractivity contribution >= 4 is 11.7 Å². The van der Waals surface area contributed by atoms with E-state index in [1.165, 1.54) is 24.3 Å². The van der Waals surface area contributed by atoms with Crippen LogP contribution in [0.3, 0.4) is 0 Å². The van der Waals surface area contributed by atoms with Crippen LogP contribution in [0.15, 0.2) is 53.5 Å². The largest absolute Gasteiger partial charge is 0.573 e. The van der Waals surface area contributed by atoms with E-state index in [4.69, 9.17) is 19.9 Å². The number of nitrogens with two attached hydrogens (primary N) is 1. The second kappa shape index (κ2) is 9.49. The zero-order valence-corrected chi connectivity index (χ0v) is 18.5. The molecule has 1 saturated heterocycles. The molecular weight excluding hydrogens is 455 g/mol. The Morgan fingerprint density at radius 3 is 2.21 bits per heavy atom. The Kier molecular flexibility index (Phi) is 6.65. The molecule has 1 fully saturated rings. The first kappa shape index (κ1) is 23.8. The molecule has 11 heteroatoms. The lowest BCUT2D eigenvalue weighted by molar-refractivity contribution is -0.274. The summed E-state index contributed by atoms with van der Waals surface area (Å²) in [7, 11) is 0. The van der Waals surface area contributed by atoms with Crippen LogP contribution in [-0.4, -0.2) is 55.1 Å². The molecule has 0 radical (unpaired) electrons. The van der Waals surface area contributed by atoms with E-state index in [9.17, 15) is 18.3 Å². The van der Waals surface area contributed by atoms with Crippen molar-refractivity contribution in [3.63, 3.8) is 0 Å². The number of aliphatic imine (C=N–C) groups is 1. The van der Waals surface area contributed by atoms with Crippen LogP contribution in [0.5, 0.6) is 17.2 Å². The summed E-state index contributed by atoms with van der Waals surface area (Å²) >= 11 is 0. The third-order valence-electron chi connectivity index (χ3n) is 5.66. The van der Waals surface area contributed by atoms with Crippen molar-refractivity contribution in [3.05, 3.63) is 48.5 Å². The first-order chi connectivity index (χ1) is 16.1. The molecule has 2 aromatic rings. The van der Waals surface area contributed by atoms with Gasteiger partial charge in [-0.2, -0.15) is 4.99 Å². The second-order valence-corrected chi connectivity index (χ2v) is 8.36. The Morgan fingerprint density at radius 2 is 1.65 bits per heavy atom. The molecule has 2 aromatic carbocycles. The molecule has 8 nitrogen and oxygen atoms in total. The van der Waals surface area contributed by atoms with E-state index in [-0.39, 0.29) is 24.5 Å². The zero-order chi connectivity index (χ0) is 24.3. The van der Waals surface area contributed by atoms with Gasteiger partial charge >= 0.3 is 6.36 Å². The molecule has 1 unspecified atom stereocenters. The quantitative estimate of drug-likeness (QED) is 0.625. The van der Waals surface area contributed by atoms with Crippen LogP contribution >= 0.6 is 0 Å². The van der Waals surface area contributed by atoms with E-state index in [2.05, 4.69) is 14.6 Å². The molecular formula is C23H26F3N3O5. The number of amidine groups is 1. The molecule has 0 aliphatic carbocycles. The summed E-state index contributed by atoms with van der Waals surface area (Å²) in [5.41, 5.74) is 5.51. The molecule has 2 aliphatic rings. The normalized spacial score (nSPS) is 23.3. The van der Waals surface area contributed by atoms with Crippen LogP contribution in [-0.2, 0) is 4.74 Å². The number of hydrogen-bond donors (Lipinski definition) is 2. The van der Waals surface area contributed by atoms with Crippen LogP contribution in [0, 0.1) is 0 Å². The van der Waals surface area contributed by atoms with Gasteiger partial charge in [0.2, 0.25) is 0 Å². The average Bonchev–Trinajstić information content (AvgIpc) is 3.05. The van der Waals surface area contributed by atoms with Crippen molar-refractivity contribution < 1.29 is 37.2 Å². The number of rotatable bonds is 7. The van der Waals surface area contributed by atoms with Crippen molar-refractivity contribution in [2.45, 2.75) is 44.1 Å². The molecule has 184 valence electrons. The first-order valence-corrected chi connectivity index (χ1v) is 10.8. The van der Waals surface area contributed by atoms with Crippen LogP contribution in [0.4, 0.5) is 18.9 Å². The van der Waals surface area contributed by atoms with Gasteiger partial charge in [0.05, 0.1) is 0 Å². The first-order valence-electron chi connectivity index (χ1n) is 10.8. The minimum atomic E-state index is -4.71. The minimum absolute atomic E-state index is 0.0264. The summed E-state index contributed by atoms with van der Waals surface area (Å²) in [6.45, 7) is 3.31. The summed E-state index contributed by atoms with van der Waals surface area (Å²) in [5, 5.41) is 9.94. The van der Waals surface area contributed by atoms with Gasteiger partial charge in [-0.3, -0.25) is 0 Å². The summed E-state index contributed by atoms with van der Waals surface area (Å²) in [6.07, 6.45) is -4.28. The molecule has 4 rings (SSSR count). The van der Waals surface area contributed by atoms with E-state index >= 15 is 0 Å². The number of nitrogens with zero attached hydrogens (tertiary/aromatic N) is 2. The molecule has 0 aromatic heterocycles. The predicted octanol–water partition coefficient (Wildman–Crippen LogP) is 3.43. The standard InChI is InChI=1S/C23H26F3N3O5/c1-22(20(30)28-21(27)34-22)14-31-16-4-2-15(3-5-16)29-12-10-18(11-13-29)32-17-6-8-19(9-7-17)33-23(24,25)26/h2-9,18,20,30H,10-14H2,1H3,(H2,27,28)/t20?,22-/m0/s1. The van der Waals surface area contributed by atoms with Gasteiger partial charge in [0.1, 0.15) is 30.0 Å². The van der Waals surface area contributed by atoms with Crippen molar-refractivity contribution in [2.24, 2.45) is 10.7 Å². The molecule has 0 amide bonds. The van der Waals surface area contributed by atoms with Crippen LogP contribution in [0.1, 0.15) is 19.8 Å². The number of anilines is 1. The molecule has 0 bridgehead atoms. The monoisotopic (exact) mass is 481 g/mol. The van der Waals surface area contributed by atoms with E-state index in [1.54, 1.807) is 6.92 Å². The van der Waals surface area contributed by atoms with Gasteiger partial charge in [-0.1, -0.05) is 0 Å². The van der Waals surface area contributed by atoms with Crippen molar-refractivity contribution in [2.75, 3.05) is 24.6 Å². The van der Waals surface area contributed by atoms with Gasteiger partial charge in [-0.25, -0.2) is 0 Å². The summed E-state index contributed by atoms with van der Waals surface area (Å²) in [4.78, 5) is 5.99. The lowest BCUT2D eigenvalue weighted by Crippen LogP contribution is -2.43.